The number of unbranched alkanes of at least 4 members (excludes halogenated alkanes) is 1. The molecule has 0 atom stereocenters. The fourth-order valence-electron chi connectivity index (χ4n) is 0.404. The molecule has 0 N–H and O–H groups in total. The molecule has 0 saturated carbocycles. The van der Waals surface area contributed by atoms with Crippen LogP contribution in [-0.4, -0.2) is 0 Å². The monoisotopic (exact) mass is 109 g/mol. The molecule has 0 aromatic heterocycles. The highest BCUT2D eigenvalue weighted by molar-refractivity contribution is 5.00. The molecule has 0 unspecified atom stereocenters. The molecule has 0 fully saturated rings. The average molecular weight is 109 g/mol. The molecule has 0 heteroatoms. The van der Waals surface area contributed by atoms with Crippen LogP contribution in [-0.2, 0) is 0 Å². The van der Waals surface area contributed by atoms with Crippen LogP contribution >= 0.6 is 0 Å². The highest BCUT2D eigenvalue weighted by Gasteiger charge is 1.67. The molecule has 1 radical (unpaired) electrons. The molecule has 0 aromatic carbocycles. The molecule has 0 rings (SSSR count). The van der Waals surface area contributed by atoms with Crippen LogP contribution in [0.5, 0.6) is 0 Å². The molecule has 8 heavy (non-hydrogen) atoms. The molecule has 45 valence electrons. The first kappa shape index (κ1) is 7.48. The highest BCUT2D eigenvalue weighted by atomic mass is 13.7. The summed E-state index contributed by atoms with van der Waals surface area (Å²) in [6.07, 6.45) is 10.3. The van der Waals surface area contributed by atoms with Crippen molar-refractivity contribution in [1.82, 2.24) is 0 Å². The number of rotatable bonds is 3. The Hall–Kier alpha value is -0.520. The third kappa shape index (κ3) is 5.48. The van der Waals surface area contributed by atoms with Gasteiger partial charge in [-0.1, -0.05) is 31.2 Å². The van der Waals surface area contributed by atoms with E-state index in [1.807, 2.05) is 25.2 Å². The van der Waals surface area contributed by atoms with E-state index in [0.717, 1.165) is 12.8 Å². The fourth-order valence-corrected chi connectivity index (χ4v) is 0.404. The second kappa shape index (κ2) is 6.48. The Morgan fingerprint density at radius 2 is 2.12 bits per heavy atom. The van der Waals surface area contributed by atoms with E-state index in [4.69, 9.17) is 0 Å². The van der Waals surface area contributed by atoms with Crippen LogP contribution in [0.1, 0.15) is 19.8 Å². The van der Waals surface area contributed by atoms with Crippen molar-refractivity contribution < 1.29 is 0 Å². The fraction of sp³-hybridized carbons (Fsp3) is 0.375. The second-order valence-corrected chi connectivity index (χ2v) is 1.60. The summed E-state index contributed by atoms with van der Waals surface area (Å²) >= 11 is 0. The molecular formula is C8H13. The number of hydrogen-bond acceptors (Lipinski definition) is 0. The molecule has 0 amide bonds. The predicted octanol–water partition coefficient (Wildman–Crippen LogP) is 2.73. The SMILES string of the molecule is [CH2]CC/C=C/C=C/C. The van der Waals surface area contributed by atoms with Gasteiger partial charge in [-0.3, -0.25) is 0 Å². The zero-order valence-corrected chi connectivity index (χ0v) is 5.43. The van der Waals surface area contributed by atoms with Crippen molar-refractivity contribution in [3.63, 3.8) is 0 Å². The van der Waals surface area contributed by atoms with E-state index < -0.39 is 0 Å². The van der Waals surface area contributed by atoms with Crippen molar-refractivity contribution in [3.05, 3.63) is 31.2 Å². The molecule has 0 nitrogen and oxygen atoms in total. The standard InChI is InChI=1S/C8H13/c1-3-5-7-8-6-4-2/h4,6-8H,1,3,5H2,2H3/b6-4+,8-7+. The molecule has 0 aliphatic rings. The van der Waals surface area contributed by atoms with Gasteiger partial charge < -0.3 is 0 Å². The maximum Gasteiger partial charge on any atom is -0.0348 e. The number of hydrogen-bond donors (Lipinski definition) is 0. The van der Waals surface area contributed by atoms with Gasteiger partial charge in [0.15, 0.2) is 0 Å². The Kier molecular flexibility index (Phi) is 6.06. The molecule has 0 saturated heterocycles. The Morgan fingerprint density at radius 3 is 2.62 bits per heavy atom. The Balaban J connectivity index is 3.07. The van der Waals surface area contributed by atoms with Crippen LogP contribution in [0.3, 0.4) is 0 Å². The van der Waals surface area contributed by atoms with Gasteiger partial charge in [0.05, 0.1) is 0 Å². The molecule has 0 aliphatic carbocycles. The smallest absolute Gasteiger partial charge is 0.0348 e. The van der Waals surface area contributed by atoms with Crippen molar-refractivity contribution in [1.29, 1.82) is 0 Å². The summed E-state index contributed by atoms with van der Waals surface area (Å²) in [5.41, 5.74) is 0. The van der Waals surface area contributed by atoms with E-state index in [0.29, 0.717) is 0 Å². The van der Waals surface area contributed by atoms with E-state index in [-0.39, 0.29) is 0 Å². The van der Waals surface area contributed by atoms with Crippen LogP contribution < -0.4 is 0 Å². The molecule has 0 aliphatic heterocycles. The van der Waals surface area contributed by atoms with Gasteiger partial charge in [0.25, 0.3) is 0 Å². The molecular weight excluding hydrogens is 96.1 g/mol. The zero-order chi connectivity index (χ0) is 6.24. The summed E-state index contributed by atoms with van der Waals surface area (Å²) in [5, 5.41) is 0. The second-order valence-electron chi connectivity index (χ2n) is 1.60. The largest absolute Gasteiger partial charge is 0.0877 e. The topological polar surface area (TPSA) is 0 Å². The lowest BCUT2D eigenvalue weighted by Crippen LogP contribution is -1.58. The first-order chi connectivity index (χ1) is 3.91. The quantitative estimate of drug-likeness (QED) is 0.489. The van der Waals surface area contributed by atoms with Crippen molar-refractivity contribution >= 4 is 0 Å². The molecule has 0 aromatic rings. The van der Waals surface area contributed by atoms with Crippen molar-refractivity contribution in [2.24, 2.45) is 0 Å². The minimum atomic E-state index is 0.994. The normalized spacial score (nSPS) is 11.8. The van der Waals surface area contributed by atoms with Gasteiger partial charge in [0.1, 0.15) is 0 Å². The van der Waals surface area contributed by atoms with Gasteiger partial charge in [0, 0.05) is 0 Å². The van der Waals surface area contributed by atoms with Crippen LogP contribution in [0.2, 0.25) is 0 Å². The summed E-state index contributed by atoms with van der Waals surface area (Å²) < 4.78 is 0. The van der Waals surface area contributed by atoms with E-state index in [1.54, 1.807) is 0 Å². The lowest BCUT2D eigenvalue weighted by molar-refractivity contribution is 1.05. The van der Waals surface area contributed by atoms with Gasteiger partial charge in [0.2, 0.25) is 0 Å². The molecule has 0 spiro atoms. The van der Waals surface area contributed by atoms with Gasteiger partial charge in [-0.2, -0.15) is 0 Å². The van der Waals surface area contributed by atoms with Crippen LogP contribution in [0.15, 0.2) is 24.3 Å². The lowest BCUT2D eigenvalue weighted by atomic mass is 10.3. The molecule has 0 heterocycles. The van der Waals surface area contributed by atoms with E-state index in [2.05, 4.69) is 13.0 Å². The summed E-state index contributed by atoms with van der Waals surface area (Å²) in [6, 6.07) is 0. The maximum atomic E-state index is 3.71. The Bertz CT molecular complexity index is 78.0. The first-order valence-corrected chi connectivity index (χ1v) is 2.99. The highest BCUT2D eigenvalue weighted by Crippen LogP contribution is 1.87. The third-order valence-corrected chi connectivity index (χ3v) is 0.810. The summed E-state index contributed by atoms with van der Waals surface area (Å²) in [4.78, 5) is 0. The van der Waals surface area contributed by atoms with Gasteiger partial charge in [-0.25, -0.2) is 0 Å². The average Bonchev–Trinajstić information content (AvgIpc) is 1.81. The molecule has 0 bridgehead atoms. The summed E-state index contributed by atoms with van der Waals surface area (Å²) in [6.45, 7) is 5.72. The van der Waals surface area contributed by atoms with E-state index in [1.165, 1.54) is 0 Å². The minimum absolute atomic E-state index is 0.994. The van der Waals surface area contributed by atoms with Gasteiger partial charge >= 0.3 is 0 Å². The van der Waals surface area contributed by atoms with Crippen molar-refractivity contribution in [2.45, 2.75) is 19.8 Å². The Labute approximate surface area is 51.9 Å². The minimum Gasteiger partial charge on any atom is -0.0877 e. The predicted molar refractivity (Wildman–Crippen MR) is 38.5 cm³/mol. The van der Waals surface area contributed by atoms with Crippen molar-refractivity contribution in [2.75, 3.05) is 0 Å². The van der Waals surface area contributed by atoms with Crippen LogP contribution in [0.25, 0.3) is 0 Å². The van der Waals surface area contributed by atoms with Crippen LogP contribution in [0, 0.1) is 6.92 Å². The summed E-state index contributed by atoms with van der Waals surface area (Å²) in [5.74, 6) is 0. The van der Waals surface area contributed by atoms with Gasteiger partial charge in [-0.15, -0.1) is 0 Å². The van der Waals surface area contributed by atoms with Crippen molar-refractivity contribution in [3.8, 4) is 0 Å². The Morgan fingerprint density at radius 1 is 1.38 bits per heavy atom. The van der Waals surface area contributed by atoms with Crippen LogP contribution in [0.4, 0.5) is 0 Å². The first-order valence-electron chi connectivity index (χ1n) is 2.99. The third-order valence-electron chi connectivity index (χ3n) is 0.810. The van der Waals surface area contributed by atoms with E-state index >= 15 is 0 Å². The zero-order valence-electron chi connectivity index (χ0n) is 5.43. The number of allylic oxidation sites excluding steroid dienone is 4. The van der Waals surface area contributed by atoms with Gasteiger partial charge in [-0.05, 0) is 19.8 Å². The summed E-state index contributed by atoms with van der Waals surface area (Å²) in [7, 11) is 0. The van der Waals surface area contributed by atoms with E-state index in [9.17, 15) is 0 Å². The maximum absolute atomic E-state index is 3.71. The lowest BCUT2D eigenvalue weighted by Gasteiger charge is -1.78.